The van der Waals surface area contributed by atoms with Crippen LogP contribution in [0.3, 0.4) is 0 Å². The van der Waals surface area contributed by atoms with Crippen LogP contribution in [0.25, 0.3) is 0 Å². The summed E-state index contributed by atoms with van der Waals surface area (Å²) in [7, 11) is 0. The zero-order valence-electron chi connectivity index (χ0n) is 10.3. The van der Waals surface area contributed by atoms with Crippen LogP contribution < -0.4 is 11.5 Å². The fourth-order valence-corrected chi connectivity index (χ4v) is 2.29. The quantitative estimate of drug-likeness (QED) is 0.663. The van der Waals surface area contributed by atoms with Crippen LogP contribution >= 0.6 is 0 Å². The van der Waals surface area contributed by atoms with Gasteiger partial charge in [-0.1, -0.05) is 40.5 Å². The Morgan fingerprint density at radius 2 is 1.36 bits per heavy atom. The first-order chi connectivity index (χ1) is 6.52. The lowest BCUT2D eigenvalue weighted by Crippen LogP contribution is -2.57. The van der Waals surface area contributed by atoms with Gasteiger partial charge in [0.15, 0.2) is 0 Å². The maximum atomic E-state index is 6.43. The van der Waals surface area contributed by atoms with Gasteiger partial charge in [-0.05, 0) is 24.7 Å². The number of nitrogens with two attached hydrogens (primary N) is 2. The Morgan fingerprint density at radius 1 is 1.00 bits per heavy atom. The van der Waals surface area contributed by atoms with E-state index in [1.54, 1.807) is 0 Å². The highest BCUT2D eigenvalue weighted by atomic mass is 14.8. The Kier molecular flexibility index (Phi) is 6.38. The van der Waals surface area contributed by atoms with Crippen molar-refractivity contribution >= 4 is 0 Å². The van der Waals surface area contributed by atoms with Crippen molar-refractivity contribution in [1.82, 2.24) is 0 Å². The summed E-state index contributed by atoms with van der Waals surface area (Å²) in [6.45, 7) is 9.50. The van der Waals surface area contributed by atoms with E-state index < -0.39 is 0 Å². The molecule has 2 atom stereocenters. The van der Waals surface area contributed by atoms with Gasteiger partial charge in [-0.2, -0.15) is 0 Å². The molecule has 0 fully saturated rings. The zero-order valence-corrected chi connectivity index (χ0v) is 10.3. The first kappa shape index (κ1) is 13.9. The van der Waals surface area contributed by atoms with Crippen LogP contribution in [0.2, 0.25) is 0 Å². The molecule has 0 saturated heterocycles. The molecular formula is C12H28N2. The molecule has 14 heavy (non-hydrogen) atoms. The van der Waals surface area contributed by atoms with Gasteiger partial charge in [0.25, 0.3) is 0 Å². The lowest BCUT2D eigenvalue weighted by atomic mass is 9.73. The number of hydrogen-bond donors (Lipinski definition) is 2. The maximum Gasteiger partial charge on any atom is 0.0330 e. The first-order valence-corrected chi connectivity index (χ1v) is 6.01. The smallest absolute Gasteiger partial charge is 0.0330 e. The van der Waals surface area contributed by atoms with Crippen molar-refractivity contribution in [2.24, 2.45) is 23.3 Å². The molecule has 0 aromatic heterocycles. The van der Waals surface area contributed by atoms with Gasteiger partial charge < -0.3 is 11.5 Å². The number of hydrogen-bond acceptors (Lipinski definition) is 2. The van der Waals surface area contributed by atoms with Gasteiger partial charge in [-0.15, -0.1) is 0 Å². The third-order valence-electron chi connectivity index (χ3n) is 3.63. The summed E-state index contributed by atoms with van der Waals surface area (Å²) < 4.78 is 0. The lowest BCUT2D eigenvalue weighted by Gasteiger charge is -2.40. The van der Waals surface area contributed by atoms with Gasteiger partial charge >= 0.3 is 0 Å². The molecule has 0 aromatic carbocycles. The van der Waals surface area contributed by atoms with E-state index in [9.17, 15) is 0 Å². The third-order valence-corrected chi connectivity index (χ3v) is 3.63. The summed E-state index contributed by atoms with van der Waals surface area (Å²) in [5.41, 5.74) is 12.1. The fourth-order valence-electron chi connectivity index (χ4n) is 2.29. The lowest BCUT2D eigenvalue weighted by molar-refractivity contribution is 0.185. The monoisotopic (exact) mass is 200 g/mol. The molecule has 0 aliphatic carbocycles. The Bertz CT molecular complexity index is 133. The average Bonchev–Trinajstić information content (AvgIpc) is 2.17. The molecule has 0 aliphatic rings. The summed E-state index contributed by atoms with van der Waals surface area (Å²) in [5.74, 6) is 1.05. The van der Waals surface area contributed by atoms with Crippen LogP contribution in [0.1, 0.15) is 53.4 Å². The van der Waals surface area contributed by atoms with E-state index >= 15 is 0 Å². The van der Waals surface area contributed by atoms with Crippen molar-refractivity contribution < 1.29 is 0 Å². The van der Waals surface area contributed by atoms with E-state index in [2.05, 4.69) is 27.7 Å². The zero-order chi connectivity index (χ0) is 11.2. The molecule has 0 radical (unpaired) electrons. The molecule has 0 saturated carbocycles. The summed E-state index contributed by atoms with van der Waals surface area (Å²) in [4.78, 5) is 0. The van der Waals surface area contributed by atoms with E-state index in [1.807, 2.05) is 0 Å². The van der Waals surface area contributed by atoms with Crippen molar-refractivity contribution in [2.75, 3.05) is 6.54 Å². The predicted octanol–water partition coefficient (Wildman–Crippen LogP) is 2.52. The van der Waals surface area contributed by atoms with Crippen LogP contribution in [0, 0.1) is 11.8 Å². The Morgan fingerprint density at radius 3 is 1.57 bits per heavy atom. The highest BCUT2D eigenvalue weighted by Crippen LogP contribution is 2.29. The van der Waals surface area contributed by atoms with Gasteiger partial charge in [0, 0.05) is 12.1 Å². The van der Waals surface area contributed by atoms with E-state index in [1.165, 1.54) is 25.7 Å². The minimum atomic E-state index is -0.161. The molecule has 0 aliphatic heterocycles. The van der Waals surface area contributed by atoms with Crippen molar-refractivity contribution in [3.8, 4) is 0 Å². The second kappa shape index (κ2) is 6.41. The fraction of sp³-hybridized carbons (Fsp3) is 1.00. The molecule has 2 heteroatoms. The third kappa shape index (κ3) is 3.25. The highest BCUT2D eigenvalue weighted by molar-refractivity contribution is 4.94. The Balaban J connectivity index is 4.42. The SMILES string of the molecule is CCCC(C)C(N)(CN)C(C)CCC. The molecule has 2 nitrogen and oxygen atoms in total. The van der Waals surface area contributed by atoms with Crippen LogP contribution in [-0.4, -0.2) is 12.1 Å². The van der Waals surface area contributed by atoms with Gasteiger partial charge in [-0.25, -0.2) is 0 Å². The first-order valence-electron chi connectivity index (χ1n) is 6.01. The Hall–Kier alpha value is -0.0800. The second-order valence-corrected chi connectivity index (χ2v) is 4.70. The molecule has 86 valence electrons. The average molecular weight is 200 g/mol. The standard InChI is InChI=1S/C12H28N2/c1-5-7-10(3)12(14,9-13)11(4)8-6-2/h10-11H,5-9,13-14H2,1-4H3. The molecule has 2 unspecified atom stereocenters. The summed E-state index contributed by atoms with van der Waals surface area (Å²) in [6.07, 6.45) is 4.75. The van der Waals surface area contributed by atoms with Crippen molar-refractivity contribution in [3.63, 3.8) is 0 Å². The summed E-state index contributed by atoms with van der Waals surface area (Å²) in [5, 5.41) is 0. The summed E-state index contributed by atoms with van der Waals surface area (Å²) in [6, 6.07) is 0. The van der Waals surface area contributed by atoms with Gasteiger partial charge in [0.1, 0.15) is 0 Å². The minimum Gasteiger partial charge on any atom is -0.329 e. The van der Waals surface area contributed by atoms with Crippen LogP contribution in [-0.2, 0) is 0 Å². The molecule has 0 spiro atoms. The van der Waals surface area contributed by atoms with E-state index in [-0.39, 0.29) is 5.54 Å². The van der Waals surface area contributed by atoms with E-state index in [0.717, 1.165) is 0 Å². The molecule has 0 aromatic rings. The van der Waals surface area contributed by atoms with Gasteiger partial charge in [-0.3, -0.25) is 0 Å². The topological polar surface area (TPSA) is 52.0 Å². The largest absolute Gasteiger partial charge is 0.329 e. The molecular weight excluding hydrogens is 172 g/mol. The highest BCUT2D eigenvalue weighted by Gasteiger charge is 2.34. The molecule has 4 N–H and O–H groups in total. The second-order valence-electron chi connectivity index (χ2n) is 4.70. The van der Waals surface area contributed by atoms with Crippen molar-refractivity contribution in [2.45, 2.75) is 58.9 Å². The van der Waals surface area contributed by atoms with E-state index in [4.69, 9.17) is 11.5 Å². The van der Waals surface area contributed by atoms with Gasteiger partial charge in [0.2, 0.25) is 0 Å². The molecule has 0 amide bonds. The van der Waals surface area contributed by atoms with Crippen molar-refractivity contribution in [3.05, 3.63) is 0 Å². The normalized spacial score (nSPS) is 20.1. The molecule has 0 rings (SSSR count). The van der Waals surface area contributed by atoms with E-state index in [0.29, 0.717) is 18.4 Å². The summed E-state index contributed by atoms with van der Waals surface area (Å²) >= 11 is 0. The van der Waals surface area contributed by atoms with Crippen molar-refractivity contribution in [1.29, 1.82) is 0 Å². The molecule has 0 bridgehead atoms. The maximum absolute atomic E-state index is 6.43. The van der Waals surface area contributed by atoms with Crippen LogP contribution in [0.5, 0.6) is 0 Å². The Labute approximate surface area is 89.4 Å². The van der Waals surface area contributed by atoms with Crippen LogP contribution in [0.4, 0.5) is 0 Å². The predicted molar refractivity (Wildman–Crippen MR) is 64.1 cm³/mol. The number of rotatable bonds is 7. The molecule has 0 heterocycles. The van der Waals surface area contributed by atoms with Crippen LogP contribution in [0.15, 0.2) is 0 Å². The minimum absolute atomic E-state index is 0.161. The van der Waals surface area contributed by atoms with Gasteiger partial charge in [0.05, 0.1) is 0 Å².